The highest BCUT2D eigenvalue weighted by Gasteiger charge is 2.20. The van der Waals surface area contributed by atoms with Gasteiger partial charge in [0.1, 0.15) is 25.9 Å². The molecule has 0 spiro atoms. The van der Waals surface area contributed by atoms with Gasteiger partial charge in [0, 0.05) is 16.6 Å². The van der Waals surface area contributed by atoms with E-state index in [4.69, 9.17) is 6.57 Å². The average Bonchev–Trinajstić information content (AvgIpc) is 3.30. The summed E-state index contributed by atoms with van der Waals surface area (Å²) in [5.41, 5.74) is 1.19. The molecule has 12 nitrogen and oxygen atoms in total. The molecule has 0 radical (unpaired) electrons. The van der Waals surface area contributed by atoms with Gasteiger partial charge in [-0.3, -0.25) is 0 Å². The third-order valence-electron chi connectivity index (χ3n) is 4.67. The number of para-hydroxylation sites is 1. The van der Waals surface area contributed by atoms with E-state index in [1.807, 2.05) is 12.1 Å². The van der Waals surface area contributed by atoms with Gasteiger partial charge in [0.05, 0.1) is 28.2 Å². The van der Waals surface area contributed by atoms with Gasteiger partial charge in [0.15, 0.2) is 5.82 Å². The van der Waals surface area contributed by atoms with Crippen LogP contribution >= 0.6 is 0 Å². The van der Waals surface area contributed by atoms with Crippen molar-refractivity contribution in [2.24, 2.45) is 10.2 Å². The fraction of sp³-hybridized carbons (Fsp3) is 0.0526. The second kappa shape index (κ2) is 7.90. The highest BCUT2D eigenvalue weighted by Crippen LogP contribution is 2.36. The normalized spacial score (nSPS) is 12.4. The molecule has 168 valence electrons. The second-order valence-electron chi connectivity index (χ2n) is 6.76. The highest BCUT2D eigenvalue weighted by atomic mass is 32.2. The van der Waals surface area contributed by atoms with Crippen LogP contribution in [0.15, 0.2) is 68.7 Å². The largest absolute Gasteiger partial charge is 0.744 e. The maximum Gasteiger partial charge on any atom is 0.252 e. The molecular weight excluding hydrogens is 472 g/mol. The molecule has 0 aliphatic rings. The number of fused-ring (bicyclic) bond motifs is 1. The molecule has 0 amide bonds. The maximum atomic E-state index is 11.8. The lowest BCUT2D eigenvalue weighted by Gasteiger charge is -2.16. The number of nitrogens with zero attached hydrogens (tertiary/aromatic N) is 5. The van der Waals surface area contributed by atoms with Gasteiger partial charge >= 0.3 is 0 Å². The van der Waals surface area contributed by atoms with Crippen LogP contribution in [0.1, 0.15) is 5.69 Å². The molecule has 0 unspecified atom stereocenters. The number of aryl methyl sites for hydroxylation is 1. The van der Waals surface area contributed by atoms with E-state index in [2.05, 4.69) is 25.2 Å². The minimum Gasteiger partial charge on any atom is -0.744 e. The SMILES string of the molecule is [C-]#[N+]c1cnn(-c2cc(S(=O)(=O)[O-])ccc2S(=O)(=O)[O-])c1N=Nc1c(C)[nH]c2ccccc12. The Hall–Kier alpha value is -3.90. The number of hydrogen-bond donors (Lipinski definition) is 1. The molecule has 14 heteroatoms. The fourth-order valence-electron chi connectivity index (χ4n) is 3.20. The van der Waals surface area contributed by atoms with Gasteiger partial charge in [-0.25, -0.2) is 26.4 Å². The average molecular weight is 484 g/mol. The third-order valence-corrected chi connectivity index (χ3v) is 6.38. The molecule has 2 aromatic heterocycles. The molecule has 4 rings (SSSR count). The monoisotopic (exact) mass is 484 g/mol. The molecule has 33 heavy (non-hydrogen) atoms. The standard InChI is InChI=1S/C19H14N6O6S2/c1-11-18(13-5-3-4-6-14(13)22-11)23-24-19-15(20-2)10-21-25(19)16-9-12(32(26,27)28)7-8-17(16)33(29,30)31/h3-10,22H,1H3,(H,26,27,28)(H,29,30,31)/p-2. The van der Waals surface area contributed by atoms with E-state index in [-0.39, 0.29) is 11.5 Å². The van der Waals surface area contributed by atoms with Crippen molar-refractivity contribution < 1.29 is 25.9 Å². The zero-order chi connectivity index (χ0) is 24.0. The van der Waals surface area contributed by atoms with Gasteiger partial charge in [-0.15, -0.1) is 10.2 Å². The molecule has 2 aromatic carbocycles. The van der Waals surface area contributed by atoms with Crippen LogP contribution in [0.3, 0.4) is 0 Å². The number of nitrogens with one attached hydrogen (secondary N) is 1. The lowest BCUT2D eigenvalue weighted by atomic mass is 10.2. The first-order chi connectivity index (χ1) is 15.5. The summed E-state index contributed by atoms with van der Waals surface area (Å²) in [5, 5.41) is 12.8. The van der Waals surface area contributed by atoms with Gasteiger partial charge in [-0.05, 0) is 31.2 Å². The van der Waals surface area contributed by atoms with Crippen LogP contribution in [-0.2, 0) is 20.2 Å². The Morgan fingerprint density at radius 1 is 1.06 bits per heavy atom. The topological polar surface area (TPSA) is 177 Å². The number of aromatic amines is 1. The molecular formula is C19H12N6O6S2-2. The van der Waals surface area contributed by atoms with Crippen molar-refractivity contribution >= 4 is 48.3 Å². The number of rotatable bonds is 5. The van der Waals surface area contributed by atoms with Crippen LogP contribution < -0.4 is 0 Å². The molecule has 0 atom stereocenters. The van der Waals surface area contributed by atoms with Gasteiger partial charge in [-0.2, -0.15) is 5.10 Å². The Bertz CT molecular complexity index is 1690. The van der Waals surface area contributed by atoms with Crippen LogP contribution in [0, 0.1) is 13.5 Å². The Morgan fingerprint density at radius 2 is 1.79 bits per heavy atom. The van der Waals surface area contributed by atoms with Crippen LogP contribution in [0.25, 0.3) is 21.4 Å². The Morgan fingerprint density at radius 3 is 2.45 bits per heavy atom. The first-order valence-corrected chi connectivity index (χ1v) is 11.8. The predicted octanol–water partition coefficient (Wildman–Crippen LogP) is 3.44. The number of H-pyrrole nitrogens is 1. The van der Waals surface area contributed by atoms with E-state index >= 15 is 0 Å². The van der Waals surface area contributed by atoms with Gasteiger partial charge in [0.25, 0.3) is 5.69 Å². The predicted molar refractivity (Wildman–Crippen MR) is 113 cm³/mol. The summed E-state index contributed by atoms with van der Waals surface area (Å²) in [7, 11) is -10.1. The maximum absolute atomic E-state index is 11.8. The summed E-state index contributed by atoms with van der Waals surface area (Å²) in [6, 6.07) is 9.32. The third kappa shape index (κ3) is 4.13. The Kier molecular flexibility index (Phi) is 5.34. The molecule has 2 heterocycles. The smallest absolute Gasteiger partial charge is 0.252 e. The molecule has 0 fully saturated rings. The number of benzene rings is 2. The molecule has 0 aliphatic carbocycles. The molecule has 1 N–H and O–H groups in total. The number of azo groups is 1. The summed E-state index contributed by atoms with van der Waals surface area (Å²) >= 11 is 0. The molecule has 0 saturated carbocycles. The van der Waals surface area contributed by atoms with Gasteiger partial charge in [-0.1, -0.05) is 18.2 Å². The number of hydrogen-bond acceptors (Lipinski definition) is 9. The lowest BCUT2D eigenvalue weighted by Crippen LogP contribution is -2.09. The minimum atomic E-state index is -5.11. The lowest BCUT2D eigenvalue weighted by molar-refractivity contribution is 0.458. The number of aromatic nitrogens is 3. The zero-order valence-corrected chi connectivity index (χ0v) is 18.3. The van der Waals surface area contributed by atoms with E-state index in [1.54, 1.807) is 19.1 Å². The highest BCUT2D eigenvalue weighted by molar-refractivity contribution is 7.86. The van der Waals surface area contributed by atoms with E-state index in [0.29, 0.717) is 29.6 Å². The first kappa shape index (κ1) is 22.3. The summed E-state index contributed by atoms with van der Waals surface area (Å²) in [6.45, 7) is 9.10. The molecule has 0 saturated heterocycles. The van der Waals surface area contributed by atoms with Crippen molar-refractivity contribution in [3.63, 3.8) is 0 Å². The van der Waals surface area contributed by atoms with Crippen molar-refractivity contribution in [1.29, 1.82) is 0 Å². The van der Waals surface area contributed by atoms with Crippen LogP contribution in [0.4, 0.5) is 17.2 Å². The summed E-state index contributed by atoms with van der Waals surface area (Å²) in [6.07, 6.45) is 1.04. The second-order valence-corrected chi connectivity index (χ2v) is 9.49. The van der Waals surface area contributed by atoms with Gasteiger partial charge in [0.2, 0.25) is 0 Å². The van der Waals surface area contributed by atoms with Crippen molar-refractivity contribution in [1.82, 2.24) is 14.8 Å². The summed E-state index contributed by atoms with van der Waals surface area (Å²) < 4.78 is 70.5. The van der Waals surface area contributed by atoms with Crippen LogP contribution in [0.2, 0.25) is 0 Å². The first-order valence-electron chi connectivity index (χ1n) is 9.01. The summed E-state index contributed by atoms with van der Waals surface area (Å²) in [5.74, 6) is -0.264. The van der Waals surface area contributed by atoms with Crippen molar-refractivity contribution in [2.75, 3.05) is 0 Å². The van der Waals surface area contributed by atoms with E-state index < -0.39 is 35.7 Å². The van der Waals surface area contributed by atoms with E-state index in [9.17, 15) is 25.9 Å². The Labute approximate surface area is 187 Å². The Balaban J connectivity index is 1.96. The van der Waals surface area contributed by atoms with E-state index in [1.165, 1.54) is 0 Å². The summed E-state index contributed by atoms with van der Waals surface area (Å²) in [4.78, 5) is 4.74. The fourth-order valence-corrected chi connectivity index (χ4v) is 4.33. The molecule has 0 bridgehead atoms. The van der Waals surface area contributed by atoms with Gasteiger partial charge < -0.3 is 14.1 Å². The van der Waals surface area contributed by atoms with Crippen molar-refractivity contribution in [3.8, 4) is 5.69 Å². The molecule has 4 aromatic rings. The van der Waals surface area contributed by atoms with E-state index in [0.717, 1.165) is 21.8 Å². The van der Waals surface area contributed by atoms with Crippen LogP contribution in [-0.4, -0.2) is 40.7 Å². The molecule has 0 aliphatic heterocycles. The minimum absolute atomic E-state index is 0.152. The zero-order valence-electron chi connectivity index (χ0n) is 16.6. The van der Waals surface area contributed by atoms with Crippen LogP contribution in [0.5, 0.6) is 0 Å². The quantitative estimate of drug-likeness (QED) is 0.256. The van der Waals surface area contributed by atoms with Crippen molar-refractivity contribution in [3.05, 3.63) is 65.8 Å². The van der Waals surface area contributed by atoms with Crippen molar-refractivity contribution in [2.45, 2.75) is 16.7 Å².